The Bertz CT molecular complexity index is 311. The summed E-state index contributed by atoms with van der Waals surface area (Å²) in [5, 5.41) is 0. The van der Waals surface area contributed by atoms with Gasteiger partial charge in [0.2, 0.25) is 0 Å². The van der Waals surface area contributed by atoms with Crippen molar-refractivity contribution in [3.05, 3.63) is 35.9 Å². The molecule has 0 aliphatic rings. The first-order valence-electron chi connectivity index (χ1n) is 3.54. The molecule has 0 atom stereocenters. The highest BCUT2D eigenvalue weighted by Crippen LogP contribution is 2.03. The SMILES string of the molecule is C(=C\c1ccc[nH]1)/c1cnsn1. The Morgan fingerprint density at radius 3 is 3.08 bits per heavy atom. The first-order valence-corrected chi connectivity index (χ1v) is 4.27. The summed E-state index contributed by atoms with van der Waals surface area (Å²) in [7, 11) is 0. The third-order valence-electron chi connectivity index (χ3n) is 1.43. The van der Waals surface area contributed by atoms with E-state index in [0.717, 1.165) is 11.4 Å². The van der Waals surface area contributed by atoms with Crippen LogP contribution in [0.1, 0.15) is 11.4 Å². The lowest BCUT2D eigenvalue weighted by atomic mass is 10.3. The molecule has 60 valence electrons. The van der Waals surface area contributed by atoms with Crippen LogP contribution in [0.5, 0.6) is 0 Å². The lowest BCUT2D eigenvalue weighted by Crippen LogP contribution is -1.69. The number of rotatable bonds is 2. The molecule has 3 nitrogen and oxygen atoms in total. The van der Waals surface area contributed by atoms with Crippen LogP contribution in [0.15, 0.2) is 24.5 Å². The lowest BCUT2D eigenvalue weighted by Gasteiger charge is -1.82. The third kappa shape index (κ3) is 1.60. The second-order valence-corrected chi connectivity index (χ2v) is 2.85. The van der Waals surface area contributed by atoms with E-state index in [1.807, 2.05) is 30.5 Å². The van der Waals surface area contributed by atoms with E-state index in [0.29, 0.717) is 0 Å². The number of hydrogen-bond acceptors (Lipinski definition) is 3. The van der Waals surface area contributed by atoms with Crippen LogP contribution in [-0.4, -0.2) is 13.7 Å². The van der Waals surface area contributed by atoms with Crippen LogP contribution in [-0.2, 0) is 0 Å². The van der Waals surface area contributed by atoms with Crippen LogP contribution in [0.3, 0.4) is 0 Å². The molecule has 0 amide bonds. The van der Waals surface area contributed by atoms with Gasteiger partial charge < -0.3 is 4.98 Å². The highest BCUT2D eigenvalue weighted by Gasteiger charge is 1.88. The molecule has 2 aromatic heterocycles. The summed E-state index contributed by atoms with van der Waals surface area (Å²) < 4.78 is 7.94. The number of H-pyrrole nitrogens is 1. The van der Waals surface area contributed by atoms with E-state index >= 15 is 0 Å². The number of hydrogen-bond donors (Lipinski definition) is 1. The van der Waals surface area contributed by atoms with Crippen molar-refractivity contribution >= 4 is 23.9 Å². The highest BCUT2D eigenvalue weighted by atomic mass is 32.1. The van der Waals surface area contributed by atoms with E-state index in [-0.39, 0.29) is 0 Å². The summed E-state index contributed by atoms with van der Waals surface area (Å²) in [5.41, 5.74) is 1.97. The molecule has 0 saturated heterocycles. The van der Waals surface area contributed by atoms with Crippen molar-refractivity contribution in [3.63, 3.8) is 0 Å². The van der Waals surface area contributed by atoms with Crippen LogP contribution in [0.25, 0.3) is 12.2 Å². The normalized spacial score (nSPS) is 11.0. The van der Waals surface area contributed by atoms with Gasteiger partial charge in [0.25, 0.3) is 0 Å². The maximum atomic E-state index is 4.05. The smallest absolute Gasteiger partial charge is 0.0970 e. The molecule has 0 fully saturated rings. The van der Waals surface area contributed by atoms with Crippen molar-refractivity contribution in [2.45, 2.75) is 0 Å². The van der Waals surface area contributed by atoms with Crippen molar-refractivity contribution < 1.29 is 0 Å². The average molecular weight is 177 g/mol. The summed E-state index contributed by atoms with van der Waals surface area (Å²) in [6.07, 6.45) is 7.52. The van der Waals surface area contributed by atoms with E-state index in [1.54, 1.807) is 6.20 Å². The molecule has 0 aliphatic carbocycles. The maximum absolute atomic E-state index is 4.05. The first-order chi connectivity index (χ1) is 5.95. The van der Waals surface area contributed by atoms with Gasteiger partial charge in [0.1, 0.15) is 0 Å². The molecule has 4 heteroatoms. The van der Waals surface area contributed by atoms with E-state index in [4.69, 9.17) is 0 Å². The Balaban J connectivity index is 2.14. The van der Waals surface area contributed by atoms with Crippen molar-refractivity contribution in [1.82, 2.24) is 13.7 Å². The minimum Gasteiger partial charge on any atom is -0.362 e. The van der Waals surface area contributed by atoms with Crippen LogP contribution < -0.4 is 0 Å². The summed E-state index contributed by atoms with van der Waals surface area (Å²) in [6, 6.07) is 3.95. The van der Waals surface area contributed by atoms with E-state index in [9.17, 15) is 0 Å². The van der Waals surface area contributed by atoms with Crippen LogP contribution >= 0.6 is 11.7 Å². The molecular weight excluding hydrogens is 170 g/mol. The van der Waals surface area contributed by atoms with E-state index < -0.39 is 0 Å². The van der Waals surface area contributed by atoms with Gasteiger partial charge in [-0.3, -0.25) is 0 Å². The monoisotopic (exact) mass is 177 g/mol. The molecule has 2 rings (SSSR count). The standard InChI is InChI=1S/C8H7N3S/c1-2-7(9-5-1)3-4-8-6-10-12-11-8/h1-6,9H/b4-3+. The molecule has 0 bridgehead atoms. The summed E-state index contributed by atoms with van der Waals surface area (Å²) in [4.78, 5) is 3.07. The minimum absolute atomic E-state index is 0.898. The summed E-state index contributed by atoms with van der Waals surface area (Å²) in [5.74, 6) is 0. The van der Waals surface area contributed by atoms with Gasteiger partial charge in [-0.25, -0.2) is 0 Å². The van der Waals surface area contributed by atoms with Gasteiger partial charge in [-0.1, -0.05) is 0 Å². The minimum atomic E-state index is 0.898. The van der Waals surface area contributed by atoms with Gasteiger partial charge in [0.15, 0.2) is 0 Å². The van der Waals surface area contributed by atoms with Crippen molar-refractivity contribution in [2.75, 3.05) is 0 Å². The Morgan fingerprint density at radius 1 is 1.42 bits per heavy atom. The average Bonchev–Trinajstić information content (AvgIpc) is 2.74. The number of nitrogens with one attached hydrogen (secondary N) is 1. The maximum Gasteiger partial charge on any atom is 0.0970 e. The lowest BCUT2D eigenvalue weighted by molar-refractivity contribution is 1.38. The molecule has 0 spiro atoms. The van der Waals surface area contributed by atoms with Crippen molar-refractivity contribution in [1.29, 1.82) is 0 Å². The highest BCUT2D eigenvalue weighted by molar-refractivity contribution is 6.99. The number of aromatic amines is 1. The quantitative estimate of drug-likeness (QED) is 0.762. The largest absolute Gasteiger partial charge is 0.362 e. The third-order valence-corrected chi connectivity index (χ3v) is 1.93. The summed E-state index contributed by atoms with van der Waals surface area (Å²) in [6.45, 7) is 0. The van der Waals surface area contributed by atoms with Crippen LogP contribution in [0.4, 0.5) is 0 Å². The van der Waals surface area contributed by atoms with Gasteiger partial charge in [-0.05, 0) is 24.3 Å². The second-order valence-electron chi connectivity index (χ2n) is 2.29. The van der Waals surface area contributed by atoms with Gasteiger partial charge in [-0.2, -0.15) is 8.75 Å². The predicted molar refractivity (Wildman–Crippen MR) is 49.6 cm³/mol. The van der Waals surface area contributed by atoms with Crippen molar-refractivity contribution in [2.24, 2.45) is 0 Å². The van der Waals surface area contributed by atoms with E-state index in [1.165, 1.54) is 11.7 Å². The molecule has 2 aromatic rings. The Labute approximate surface area is 74.1 Å². The van der Waals surface area contributed by atoms with Crippen LogP contribution in [0, 0.1) is 0 Å². The molecule has 0 unspecified atom stereocenters. The fourth-order valence-electron chi connectivity index (χ4n) is 0.868. The van der Waals surface area contributed by atoms with Crippen LogP contribution in [0.2, 0.25) is 0 Å². The number of nitrogens with zero attached hydrogens (tertiary/aromatic N) is 2. The molecule has 12 heavy (non-hydrogen) atoms. The molecular formula is C8H7N3S. The van der Waals surface area contributed by atoms with Gasteiger partial charge in [0, 0.05) is 11.9 Å². The number of aromatic nitrogens is 3. The zero-order chi connectivity index (χ0) is 8.23. The zero-order valence-electron chi connectivity index (χ0n) is 6.27. The van der Waals surface area contributed by atoms with Gasteiger partial charge in [-0.15, -0.1) is 0 Å². The fourth-order valence-corrected chi connectivity index (χ4v) is 1.27. The Hall–Kier alpha value is -1.42. The topological polar surface area (TPSA) is 41.6 Å². The fraction of sp³-hybridized carbons (Fsp3) is 0. The Morgan fingerprint density at radius 2 is 2.42 bits per heavy atom. The summed E-state index contributed by atoms with van der Waals surface area (Å²) >= 11 is 1.22. The molecule has 0 saturated carbocycles. The second kappa shape index (κ2) is 3.32. The molecule has 1 N–H and O–H groups in total. The van der Waals surface area contributed by atoms with E-state index in [2.05, 4.69) is 13.7 Å². The molecule has 0 aliphatic heterocycles. The molecule has 0 radical (unpaired) electrons. The van der Waals surface area contributed by atoms with Crippen molar-refractivity contribution in [3.8, 4) is 0 Å². The molecule has 0 aromatic carbocycles. The Kier molecular flexibility index (Phi) is 2.00. The molecule has 2 heterocycles. The predicted octanol–water partition coefficient (Wildman–Crippen LogP) is 2.04. The first kappa shape index (κ1) is 7.24. The zero-order valence-corrected chi connectivity index (χ0v) is 7.08. The van der Waals surface area contributed by atoms with Gasteiger partial charge in [0.05, 0.1) is 23.6 Å². The van der Waals surface area contributed by atoms with Gasteiger partial charge >= 0.3 is 0 Å².